The predicted octanol–water partition coefficient (Wildman–Crippen LogP) is 2.53. The van der Waals surface area contributed by atoms with Crippen LogP contribution in [-0.2, 0) is 9.84 Å². The standard InChI is InChI=1S/C14H18FNO2S2/c15-12-5-1-4-11-13(6-7-19-14(11)12)16-9-10-3-2-8-20(10,17)18/h1,4-5,10,13,16H,2-3,6-9H2. The number of halogens is 1. The molecule has 1 fully saturated rings. The molecule has 3 rings (SSSR count). The minimum atomic E-state index is -2.92. The van der Waals surface area contributed by atoms with Crippen LogP contribution in [0.25, 0.3) is 0 Å². The lowest BCUT2D eigenvalue weighted by molar-refractivity contribution is 0.485. The first kappa shape index (κ1) is 14.4. The molecule has 2 aliphatic heterocycles. The monoisotopic (exact) mass is 315 g/mol. The lowest BCUT2D eigenvalue weighted by Crippen LogP contribution is -2.34. The molecular weight excluding hydrogens is 297 g/mol. The summed E-state index contributed by atoms with van der Waals surface area (Å²) in [5.41, 5.74) is 0.969. The van der Waals surface area contributed by atoms with Crippen LogP contribution in [0.4, 0.5) is 4.39 Å². The van der Waals surface area contributed by atoms with Gasteiger partial charge in [0, 0.05) is 17.5 Å². The van der Waals surface area contributed by atoms with E-state index in [4.69, 9.17) is 0 Å². The second-order valence-corrected chi connectivity index (χ2v) is 8.89. The first-order valence-electron chi connectivity index (χ1n) is 6.94. The van der Waals surface area contributed by atoms with Gasteiger partial charge in [0.05, 0.1) is 11.0 Å². The Balaban J connectivity index is 1.73. The number of benzene rings is 1. The van der Waals surface area contributed by atoms with E-state index in [1.54, 1.807) is 17.8 Å². The topological polar surface area (TPSA) is 46.2 Å². The second kappa shape index (κ2) is 5.66. The van der Waals surface area contributed by atoms with Crippen LogP contribution in [0, 0.1) is 5.82 Å². The van der Waals surface area contributed by atoms with E-state index in [1.807, 2.05) is 6.07 Å². The van der Waals surface area contributed by atoms with Crippen molar-refractivity contribution in [3.63, 3.8) is 0 Å². The average Bonchev–Trinajstić information content (AvgIpc) is 2.76. The SMILES string of the molecule is O=S1(=O)CCCC1CNC1CCSc2c(F)cccc21. The van der Waals surface area contributed by atoms with E-state index in [0.717, 1.165) is 30.6 Å². The van der Waals surface area contributed by atoms with Crippen molar-refractivity contribution < 1.29 is 12.8 Å². The van der Waals surface area contributed by atoms with E-state index in [1.165, 1.54) is 6.07 Å². The van der Waals surface area contributed by atoms with Crippen LogP contribution in [0.5, 0.6) is 0 Å². The van der Waals surface area contributed by atoms with E-state index in [2.05, 4.69) is 5.32 Å². The van der Waals surface area contributed by atoms with Crippen LogP contribution in [0.2, 0.25) is 0 Å². The van der Waals surface area contributed by atoms with E-state index < -0.39 is 9.84 Å². The molecule has 0 amide bonds. The maximum absolute atomic E-state index is 13.8. The van der Waals surface area contributed by atoms with Gasteiger partial charge in [0.25, 0.3) is 0 Å². The summed E-state index contributed by atoms with van der Waals surface area (Å²) in [6, 6.07) is 5.21. The molecule has 1 aromatic carbocycles. The Morgan fingerprint density at radius 1 is 1.35 bits per heavy atom. The Labute approximate surface area is 123 Å². The van der Waals surface area contributed by atoms with Crippen molar-refractivity contribution in [1.29, 1.82) is 0 Å². The largest absolute Gasteiger partial charge is 0.309 e. The van der Waals surface area contributed by atoms with E-state index in [0.29, 0.717) is 17.2 Å². The fraction of sp³-hybridized carbons (Fsp3) is 0.571. The lowest BCUT2D eigenvalue weighted by Gasteiger charge is -2.27. The van der Waals surface area contributed by atoms with Crippen LogP contribution in [0.15, 0.2) is 23.1 Å². The summed E-state index contributed by atoms with van der Waals surface area (Å²) >= 11 is 1.54. The van der Waals surface area contributed by atoms with Crippen LogP contribution in [0.3, 0.4) is 0 Å². The quantitative estimate of drug-likeness (QED) is 0.931. The fourth-order valence-corrected chi connectivity index (χ4v) is 5.88. The molecule has 3 nitrogen and oxygen atoms in total. The molecule has 2 aliphatic rings. The molecule has 0 saturated carbocycles. The maximum Gasteiger partial charge on any atom is 0.154 e. The van der Waals surface area contributed by atoms with Crippen molar-refractivity contribution in [2.24, 2.45) is 0 Å². The summed E-state index contributed by atoms with van der Waals surface area (Å²) in [6.45, 7) is 0.480. The summed E-state index contributed by atoms with van der Waals surface area (Å²) in [6.07, 6.45) is 2.42. The summed E-state index contributed by atoms with van der Waals surface area (Å²) < 4.78 is 37.4. The number of hydrogen-bond donors (Lipinski definition) is 1. The third-order valence-electron chi connectivity index (χ3n) is 4.08. The van der Waals surface area contributed by atoms with Crippen molar-refractivity contribution >= 4 is 21.6 Å². The number of sulfone groups is 1. The van der Waals surface area contributed by atoms with Gasteiger partial charge in [-0.1, -0.05) is 12.1 Å². The van der Waals surface area contributed by atoms with Gasteiger partial charge >= 0.3 is 0 Å². The molecule has 20 heavy (non-hydrogen) atoms. The molecule has 0 bridgehead atoms. The summed E-state index contributed by atoms with van der Waals surface area (Å²) in [7, 11) is -2.92. The van der Waals surface area contributed by atoms with Gasteiger partial charge in [-0.25, -0.2) is 12.8 Å². The van der Waals surface area contributed by atoms with Crippen molar-refractivity contribution in [2.75, 3.05) is 18.1 Å². The van der Waals surface area contributed by atoms with E-state index in [9.17, 15) is 12.8 Å². The van der Waals surface area contributed by atoms with Crippen LogP contribution >= 0.6 is 11.8 Å². The summed E-state index contributed by atoms with van der Waals surface area (Å²) in [4.78, 5) is 0.713. The Kier molecular flexibility index (Phi) is 4.06. The summed E-state index contributed by atoms with van der Waals surface area (Å²) in [5.74, 6) is 1.00. The van der Waals surface area contributed by atoms with Gasteiger partial charge in [0.15, 0.2) is 9.84 Å². The van der Waals surface area contributed by atoms with Gasteiger partial charge in [-0.05, 0) is 36.6 Å². The molecule has 1 N–H and O–H groups in total. The number of hydrogen-bond acceptors (Lipinski definition) is 4. The highest BCUT2D eigenvalue weighted by Gasteiger charge is 2.32. The Morgan fingerprint density at radius 3 is 2.95 bits per heavy atom. The third-order valence-corrected chi connectivity index (χ3v) is 7.52. The average molecular weight is 315 g/mol. The Bertz CT molecular complexity index is 603. The zero-order valence-electron chi connectivity index (χ0n) is 11.1. The smallest absolute Gasteiger partial charge is 0.154 e. The normalized spacial score (nSPS) is 28.2. The highest BCUT2D eigenvalue weighted by atomic mass is 32.2. The van der Waals surface area contributed by atoms with Gasteiger partial charge in [-0.2, -0.15) is 0 Å². The molecule has 2 atom stereocenters. The molecule has 110 valence electrons. The van der Waals surface area contributed by atoms with E-state index in [-0.39, 0.29) is 17.1 Å². The second-order valence-electron chi connectivity index (χ2n) is 5.39. The first-order valence-corrected chi connectivity index (χ1v) is 9.64. The number of rotatable bonds is 3. The molecule has 0 radical (unpaired) electrons. The van der Waals surface area contributed by atoms with Crippen LogP contribution < -0.4 is 5.32 Å². The Morgan fingerprint density at radius 2 is 2.20 bits per heavy atom. The minimum absolute atomic E-state index is 0.0674. The lowest BCUT2D eigenvalue weighted by atomic mass is 10.0. The van der Waals surface area contributed by atoms with Gasteiger partial charge in [-0.3, -0.25) is 0 Å². The van der Waals surface area contributed by atoms with Crippen molar-refractivity contribution in [2.45, 2.75) is 35.4 Å². The molecule has 2 unspecified atom stereocenters. The minimum Gasteiger partial charge on any atom is -0.309 e. The highest BCUT2D eigenvalue weighted by molar-refractivity contribution is 7.99. The van der Waals surface area contributed by atoms with Gasteiger partial charge in [-0.15, -0.1) is 11.8 Å². The highest BCUT2D eigenvalue weighted by Crippen LogP contribution is 2.37. The predicted molar refractivity (Wildman–Crippen MR) is 79.3 cm³/mol. The molecule has 1 aromatic rings. The van der Waals surface area contributed by atoms with Gasteiger partial charge in [0.2, 0.25) is 0 Å². The Hall–Kier alpha value is -0.590. The molecule has 6 heteroatoms. The maximum atomic E-state index is 13.8. The molecule has 2 heterocycles. The van der Waals surface area contributed by atoms with Crippen molar-refractivity contribution in [1.82, 2.24) is 5.32 Å². The van der Waals surface area contributed by atoms with Crippen molar-refractivity contribution in [3.05, 3.63) is 29.6 Å². The molecule has 0 aliphatic carbocycles. The zero-order chi connectivity index (χ0) is 14.2. The third kappa shape index (κ3) is 2.73. The number of fused-ring (bicyclic) bond motifs is 1. The number of nitrogens with one attached hydrogen (secondary N) is 1. The first-order chi connectivity index (χ1) is 9.58. The van der Waals surface area contributed by atoms with Crippen molar-refractivity contribution in [3.8, 4) is 0 Å². The zero-order valence-corrected chi connectivity index (χ0v) is 12.8. The van der Waals surface area contributed by atoms with Gasteiger partial charge in [0.1, 0.15) is 5.82 Å². The molecule has 0 spiro atoms. The van der Waals surface area contributed by atoms with Crippen LogP contribution in [0.1, 0.15) is 30.9 Å². The molecule has 1 saturated heterocycles. The van der Waals surface area contributed by atoms with Crippen LogP contribution in [-0.4, -0.2) is 31.7 Å². The van der Waals surface area contributed by atoms with Gasteiger partial charge < -0.3 is 5.32 Å². The molecule has 0 aromatic heterocycles. The molecular formula is C14H18FNO2S2. The number of thioether (sulfide) groups is 1. The van der Waals surface area contributed by atoms with E-state index >= 15 is 0 Å². The fourth-order valence-electron chi connectivity index (χ4n) is 2.96. The summed E-state index contributed by atoms with van der Waals surface area (Å²) in [5, 5.41) is 3.07.